The molecule has 0 N–H and O–H groups in total. The molecule has 1 aliphatic heterocycles. The highest BCUT2D eigenvalue weighted by molar-refractivity contribution is 7.16. The van der Waals surface area contributed by atoms with Gasteiger partial charge in [-0.3, -0.25) is 9.36 Å². The van der Waals surface area contributed by atoms with Gasteiger partial charge in [0.25, 0.3) is 5.56 Å². The molecule has 38 heavy (non-hydrogen) atoms. The van der Waals surface area contributed by atoms with E-state index in [1.807, 2.05) is 58.6 Å². The van der Waals surface area contributed by atoms with E-state index < -0.39 is 0 Å². The number of ether oxygens (including phenoxy) is 1. The summed E-state index contributed by atoms with van der Waals surface area (Å²) < 4.78 is 9.16. The van der Waals surface area contributed by atoms with E-state index >= 15 is 0 Å². The van der Waals surface area contributed by atoms with E-state index in [1.54, 1.807) is 11.3 Å². The minimum atomic E-state index is -0.0155. The van der Waals surface area contributed by atoms with Crippen LogP contribution in [0.1, 0.15) is 32.3 Å². The summed E-state index contributed by atoms with van der Waals surface area (Å²) in [7, 11) is 0. The lowest BCUT2D eigenvalue weighted by Crippen LogP contribution is -2.42. The van der Waals surface area contributed by atoms with Crippen LogP contribution in [0.5, 0.6) is 11.5 Å². The van der Waals surface area contributed by atoms with Crippen LogP contribution in [0.15, 0.2) is 71.0 Å². The van der Waals surface area contributed by atoms with Crippen LogP contribution in [0.2, 0.25) is 0 Å². The lowest BCUT2D eigenvalue weighted by molar-refractivity contribution is 0.130. The number of fused-ring (bicyclic) bond motifs is 2. The SMILES string of the molecule is Cc1ccccc1-c1nc2ccc(Oc3ccc4ncsc4c3)cc2c(=O)n1C[C@H]1CCCN(C(C)C)C1. The molecular formula is C31H32N4O2S. The van der Waals surface area contributed by atoms with Gasteiger partial charge in [0.1, 0.15) is 17.3 Å². The monoisotopic (exact) mass is 524 g/mol. The summed E-state index contributed by atoms with van der Waals surface area (Å²) in [6.45, 7) is 9.35. The molecule has 194 valence electrons. The van der Waals surface area contributed by atoms with Crippen LogP contribution in [0, 0.1) is 12.8 Å². The van der Waals surface area contributed by atoms with Gasteiger partial charge in [-0.1, -0.05) is 24.3 Å². The normalized spacial score (nSPS) is 16.5. The molecule has 0 spiro atoms. The molecular weight excluding hydrogens is 492 g/mol. The fourth-order valence-electron chi connectivity index (χ4n) is 5.47. The van der Waals surface area contributed by atoms with E-state index in [4.69, 9.17) is 9.72 Å². The van der Waals surface area contributed by atoms with Crippen molar-refractivity contribution >= 4 is 32.5 Å². The number of aromatic nitrogens is 3. The van der Waals surface area contributed by atoms with Gasteiger partial charge in [0.2, 0.25) is 0 Å². The Kier molecular flexibility index (Phi) is 6.72. The second-order valence-corrected chi connectivity index (χ2v) is 11.4. The van der Waals surface area contributed by atoms with Crippen molar-refractivity contribution in [2.75, 3.05) is 13.1 Å². The fraction of sp³-hybridized carbons (Fsp3) is 0.323. The maximum Gasteiger partial charge on any atom is 0.261 e. The summed E-state index contributed by atoms with van der Waals surface area (Å²) in [4.78, 5) is 26.0. The predicted molar refractivity (Wildman–Crippen MR) is 155 cm³/mol. The molecule has 1 atom stereocenters. The summed E-state index contributed by atoms with van der Waals surface area (Å²) in [6.07, 6.45) is 2.27. The lowest BCUT2D eigenvalue weighted by Gasteiger charge is -2.36. The van der Waals surface area contributed by atoms with Crippen LogP contribution >= 0.6 is 11.3 Å². The van der Waals surface area contributed by atoms with Crippen LogP contribution in [0.4, 0.5) is 0 Å². The van der Waals surface area contributed by atoms with Gasteiger partial charge in [-0.05, 0) is 82.0 Å². The first-order valence-corrected chi connectivity index (χ1v) is 14.2. The van der Waals surface area contributed by atoms with Crippen LogP contribution < -0.4 is 10.3 Å². The number of aryl methyl sites for hydroxylation is 1. The number of piperidine rings is 1. The summed E-state index contributed by atoms with van der Waals surface area (Å²) in [5.41, 5.74) is 5.56. The van der Waals surface area contributed by atoms with Crippen molar-refractivity contribution in [3.05, 3.63) is 82.1 Å². The molecule has 6 rings (SSSR count). The summed E-state index contributed by atoms with van der Waals surface area (Å²) >= 11 is 1.58. The van der Waals surface area contributed by atoms with Gasteiger partial charge in [-0.25, -0.2) is 9.97 Å². The van der Waals surface area contributed by atoms with Crippen LogP contribution in [0.3, 0.4) is 0 Å². The number of nitrogens with zero attached hydrogens (tertiary/aromatic N) is 4. The third kappa shape index (κ3) is 4.84. The van der Waals surface area contributed by atoms with Gasteiger partial charge >= 0.3 is 0 Å². The van der Waals surface area contributed by atoms with Crippen LogP contribution in [-0.2, 0) is 6.54 Å². The molecule has 1 saturated heterocycles. The zero-order chi connectivity index (χ0) is 26.2. The minimum absolute atomic E-state index is 0.0155. The van der Waals surface area contributed by atoms with Gasteiger partial charge in [-0.15, -0.1) is 11.3 Å². The standard InChI is InChI=1S/C31H32N4O2S/c1-20(2)34-14-6-8-22(17-34)18-35-30(25-9-5-4-7-21(25)3)33-27-12-10-23(15-26(27)31(35)36)37-24-11-13-28-29(16-24)38-19-32-28/h4-5,7,9-13,15-16,19-20,22H,6,8,14,17-18H2,1-3H3/t22-/m0/s1. The quantitative estimate of drug-likeness (QED) is 0.242. The largest absolute Gasteiger partial charge is 0.457 e. The van der Waals surface area contributed by atoms with Crippen LogP contribution in [0.25, 0.3) is 32.5 Å². The third-order valence-corrected chi connectivity index (χ3v) is 8.36. The Bertz CT molecular complexity index is 1670. The number of rotatable bonds is 6. The zero-order valence-electron chi connectivity index (χ0n) is 22.1. The molecule has 6 nitrogen and oxygen atoms in total. The molecule has 0 unspecified atom stereocenters. The molecule has 0 saturated carbocycles. The minimum Gasteiger partial charge on any atom is -0.457 e. The number of thiazole rings is 1. The van der Waals surface area contributed by atoms with Gasteiger partial charge in [0.05, 0.1) is 26.6 Å². The molecule has 0 radical (unpaired) electrons. The Hall–Kier alpha value is -3.55. The Morgan fingerprint density at radius 1 is 1.05 bits per heavy atom. The molecule has 5 aromatic rings. The molecule has 0 bridgehead atoms. The highest BCUT2D eigenvalue weighted by atomic mass is 32.1. The second-order valence-electron chi connectivity index (χ2n) is 10.5. The second kappa shape index (κ2) is 10.3. The maximum absolute atomic E-state index is 14.1. The molecule has 1 aliphatic rings. The van der Waals surface area contributed by atoms with E-state index in [0.29, 0.717) is 35.2 Å². The number of benzene rings is 3. The Balaban J connectivity index is 1.42. The van der Waals surface area contributed by atoms with Crippen molar-refractivity contribution < 1.29 is 4.74 Å². The molecule has 3 aromatic carbocycles. The maximum atomic E-state index is 14.1. The fourth-order valence-corrected chi connectivity index (χ4v) is 6.18. The lowest BCUT2D eigenvalue weighted by atomic mass is 9.96. The highest BCUT2D eigenvalue weighted by Crippen LogP contribution is 2.30. The average Bonchev–Trinajstić information content (AvgIpc) is 3.39. The first kappa shape index (κ1) is 24.8. The predicted octanol–water partition coefficient (Wildman–Crippen LogP) is 6.89. The zero-order valence-corrected chi connectivity index (χ0v) is 22.9. The van der Waals surface area contributed by atoms with Crippen molar-refractivity contribution in [2.24, 2.45) is 5.92 Å². The Labute approximate surface area is 226 Å². The molecule has 7 heteroatoms. The average molecular weight is 525 g/mol. The van der Waals surface area contributed by atoms with Crippen molar-refractivity contribution in [2.45, 2.75) is 46.2 Å². The highest BCUT2D eigenvalue weighted by Gasteiger charge is 2.24. The molecule has 2 aromatic heterocycles. The molecule has 0 aliphatic carbocycles. The van der Waals surface area contributed by atoms with Gasteiger partial charge < -0.3 is 9.64 Å². The number of likely N-dealkylation sites (tertiary alicyclic amines) is 1. The topological polar surface area (TPSA) is 60.3 Å². The summed E-state index contributed by atoms with van der Waals surface area (Å²) in [6, 6.07) is 20.1. The number of hydrogen-bond donors (Lipinski definition) is 0. The van der Waals surface area contributed by atoms with Crippen LogP contribution in [-0.4, -0.2) is 38.6 Å². The van der Waals surface area contributed by atoms with E-state index in [2.05, 4.69) is 42.8 Å². The van der Waals surface area contributed by atoms with Gasteiger partial charge in [-0.2, -0.15) is 0 Å². The Morgan fingerprint density at radius 3 is 2.66 bits per heavy atom. The van der Waals surface area contributed by atoms with E-state index in [9.17, 15) is 4.79 Å². The van der Waals surface area contributed by atoms with E-state index in [1.165, 1.54) is 0 Å². The van der Waals surface area contributed by atoms with Crippen molar-refractivity contribution in [1.29, 1.82) is 0 Å². The van der Waals surface area contributed by atoms with Crippen molar-refractivity contribution in [1.82, 2.24) is 19.4 Å². The molecule has 3 heterocycles. The van der Waals surface area contributed by atoms with Crippen molar-refractivity contribution in [3.8, 4) is 22.9 Å². The summed E-state index contributed by atoms with van der Waals surface area (Å²) in [5, 5.41) is 0.579. The molecule has 1 fully saturated rings. The van der Waals surface area contributed by atoms with E-state index in [0.717, 1.165) is 58.8 Å². The third-order valence-electron chi connectivity index (χ3n) is 7.57. The van der Waals surface area contributed by atoms with Crippen molar-refractivity contribution in [3.63, 3.8) is 0 Å². The number of hydrogen-bond acceptors (Lipinski definition) is 6. The van der Waals surface area contributed by atoms with E-state index in [-0.39, 0.29) is 5.56 Å². The summed E-state index contributed by atoms with van der Waals surface area (Å²) in [5.74, 6) is 2.49. The first-order chi connectivity index (χ1) is 18.5. The van der Waals surface area contributed by atoms with Gasteiger partial charge in [0, 0.05) is 30.8 Å². The van der Waals surface area contributed by atoms with Gasteiger partial charge in [0.15, 0.2) is 0 Å². The molecule has 0 amide bonds. The smallest absolute Gasteiger partial charge is 0.261 e. The first-order valence-electron chi connectivity index (χ1n) is 13.3. The Morgan fingerprint density at radius 2 is 1.84 bits per heavy atom.